The predicted molar refractivity (Wildman–Crippen MR) is 43.8 cm³/mol. The number of nitro benzene ring substituents is 1. The van der Waals surface area contributed by atoms with E-state index in [1.807, 2.05) is 0 Å². The Morgan fingerprint density at radius 3 is 2.85 bits per heavy atom. The van der Waals surface area contributed by atoms with Crippen molar-refractivity contribution in [2.45, 2.75) is 6.61 Å². The molecule has 0 atom stereocenters. The van der Waals surface area contributed by atoms with Crippen molar-refractivity contribution in [2.24, 2.45) is 0 Å². The van der Waals surface area contributed by atoms with Crippen LogP contribution in [0.15, 0.2) is 18.2 Å². The first-order chi connectivity index (χ1) is 6.16. The van der Waals surface area contributed by atoms with E-state index in [0.29, 0.717) is 0 Å². The zero-order chi connectivity index (χ0) is 9.84. The number of methoxy groups -OCH3 is 1. The van der Waals surface area contributed by atoms with E-state index in [9.17, 15) is 14.5 Å². The van der Waals surface area contributed by atoms with Crippen molar-refractivity contribution in [3.63, 3.8) is 0 Å². The summed E-state index contributed by atoms with van der Waals surface area (Å²) in [6, 6.07) is 3.71. The van der Waals surface area contributed by atoms with Crippen LogP contribution in [0.2, 0.25) is 0 Å². The molecule has 0 heterocycles. The summed E-state index contributed by atoms with van der Waals surface area (Å²) in [6.45, 7) is -0.0943. The second kappa shape index (κ2) is 3.95. The fourth-order valence-electron chi connectivity index (χ4n) is 1.01. The maximum atomic E-state index is 13.0. The van der Waals surface area contributed by atoms with E-state index in [1.54, 1.807) is 0 Å². The van der Waals surface area contributed by atoms with Gasteiger partial charge >= 0.3 is 0 Å². The normalized spacial score (nSPS) is 10.0. The monoisotopic (exact) mass is 185 g/mol. The summed E-state index contributed by atoms with van der Waals surface area (Å²) in [5.74, 6) is -0.615. The predicted octanol–water partition coefficient (Wildman–Crippen LogP) is 1.88. The first-order valence-electron chi connectivity index (χ1n) is 3.57. The molecular weight excluding hydrogens is 177 g/mol. The fraction of sp³-hybridized carbons (Fsp3) is 0.250. The van der Waals surface area contributed by atoms with Crippen LogP contribution in [-0.4, -0.2) is 12.0 Å². The van der Waals surface area contributed by atoms with E-state index >= 15 is 0 Å². The molecule has 0 bridgehead atoms. The van der Waals surface area contributed by atoms with Gasteiger partial charge in [-0.2, -0.15) is 0 Å². The van der Waals surface area contributed by atoms with Crippen molar-refractivity contribution in [3.05, 3.63) is 39.7 Å². The molecule has 0 aromatic heterocycles. The Morgan fingerprint density at radius 2 is 2.31 bits per heavy atom. The Kier molecular flexibility index (Phi) is 2.92. The molecule has 1 rings (SSSR count). The minimum Gasteiger partial charge on any atom is -0.380 e. The molecule has 0 spiro atoms. The van der Waals surface area contributed by atoms with E-state index in [2.05, 4.69) is 4.74 Å². The lowest BCUT2D eigenvalue weighted by Crippen LogP contribution is -1.99. The first-order valence-corrected chi connectivity index (χ1v) is 3.57. The van der Waals surface area contributed by atoms with Crippen LogP contribution in [0.1, 0.15) is 5.56 Å². The number of nitrogens with zero attached hydrogens (tertiary/aromatic N) is 1. The third kappa shape index (κ3) is 2.00. The van der Waals surface area contributed by atoms with Crippen LogP contribution in [0, 0.1) is 15.9 Å². The number of rotatable bonds is 3. The summed E-state index contributed by atoms with van der Waals surface area (Å²) >= 11 is 0. The van der Waals surface area contributed by atoms with Gasteiger partial charge in [-0.15, -0.1) is 0 Å². The average Bonchev–Trinajstić information content (AvgIpc) is 2.08. The van der Waals surface area contributed by atoms with Gasteiger partial charge in [0.05, 0.1) is 17.1 Å². The van der Waals surface area contributed by atoms with Crippen LogP contribution >= 0.6 is 0 Å². The van der Waals surface area contributed by atoms with Crippen molar-refractivity contribution >= 4 is 5.69 Å². The molecule has 1 aromatic carbocycles. The molecule has 0 N–H and O–H groups in total. The summed E-state index contributed by atoms with van der Waals surface area (Å²) in [5.41, 5.74) is -0.267. The zero-order valence-electron chi connectivity index (χ0n) is 6.99. The third-order valence-electron chi connectivity index (χ3n) is 1.58. The second-order valence-corrected chi connectivity index (χ2v) is 2.43. The van der Waals surface area contributed by atoms with Crippen LogP contribution in [0.4, 0.5) is 10.1 Å². The van der Waals surface area contributed by atoms with Gasteiger partial charge in [-0.05, 0) is 6.07 Å². The lowest BCUT2D eigenvalue weighted by Gasteiger charge is -2.01. The summed E-state index contributed by atoms with van der Waals surface area (Å²) < 4.78 is 17.7. The van der Waals surface area contributed by atoms with Gasteiger partial charge < -0.3 is 4.74 Å². The van der Waals surface area contributed by atoms with Crippen molar-refractivity contribution in [1.82, 2.24) is 0 Å². The van der Waals surface area contributed by atoms with Gasteiger partial charge in [0.25, 0.3) is 5.69 Å². The molecule has 5 heteroatoms. The number of benzene rings is 1. The Morgan fingerprint density at radius 1 is 1.62 bits per heavy atom. The molecule has 0 aliphatic heterocycles. The fourth-order valence-corrected chi connectivity index (χ4v) is 1.01. The summed E-state index contributed by atoms with van der Waals surface area (Å²) in [4.78, 5) is 9.80. The Hall–Kier alpha value is -1.49. The van der Waals surface area contributed by atoms with E-state index in [4.69, 9.17) is 0 Å². The highest BCUT2D eigenvalue weighted by molar-refractivity contribution is 5.40. The van der Waals surface area contributed by atoms with Crippen molar-refractivity contribution in [1.29, 1.82) is 0 Å². The maximum absolute atomic E-state index is 13.0. The number of hydrogen-bond acceptors (Lipinski definition) is 3. The minimum atomic E-state index is -0.628. The molecule has 0 amide bonds. The van der Waals surface area contributed by atoms with Gasteiger partial charge in [-0.1, -0.05) is 6.07 Å². The maximum Gasteiger partial charge on any atom is 0.277 e. The highest BCUT2D eigenvalue weighted by Gasteiger charge is 2.16. The number of hydrogen-bond donors (Lipinski definition) is 0. The number of ether oxygens (including phenoxy) is 1. The molecule has 0 aliphatic rings. The van der Waals surface area contributed by atoms with Crippen LogP contribution in [0.5, 0.6) is 0 Å². The molecular formula is C8H8FNO3. The molecule has 0 unspecified atom stereocenters. The highest BCUT2D eigenvalue weighted by atomic mass is 19.1. The van der Waals surface area contributed by atoms with E-state index < -0.39 is 10.7 Å². The van der Waals surface area contributed by atoms with Gasteiger partial charge in [-0.25, -0.2) is 4.39 Å². The molecule has 0 fully saturated rings. The summed E-state index contributed by atoms with van der Waals surface area (Å²) in [5, 5.41) is 10.4. The standard InChI is InChI=1S/C8H8FNO3/c1-13-5-6-7(9)3-2-4-8(6)10(11)12/h2-4H,5H2,1H3. The zero-order valence-corrected chi connectivity index (χ0v) is 6.99. The molecule has 0 saturated heterocycles. The van der Waals surface area contributed by atoms with Crippen LogP contribution < -0.4 is 0 Å². The summed E-state index contributed by atoms with van der Waals surface area (Å²) in [7, 11) is 1.36. The van der Waals surface area contributed by atoms with Gasteiger partial charge in [-0.3, -0.25) is 10.1 Å². The first kappa shape index (κ1) is 9.60. The Labute approximate surface area is 74.1 Å². The highest BCUT2D eigenvalue weighted by Crippen LogP contribution is 2.21. The van der Waals surface area contributed by atoms with Crippen LogP contribution in [0.3, 0.4) is 0 Å². The van der Waals surface area contributed by atoms with Crippen molar-refractivity contribution in [2.75, 3.05) is 7.11 Å². The van der Waals surface area contributed by atoms with Gasteiger partial charge in [0.2, 0.25) is 0 Å². The SMILES string of the molecule is COCc1c(F)cccc1[N+](=O)[O-]. The molecule has 70 valence electrons. The lowest BCUT2D eigenvalue weighted by molar-refractivity contribution is -0.386. The van der Waals surface area contributed by atoms with E-state index in [1.165, 1.54) is 25.3 Å². The molecule has 4 nitrogen and oxygen atoms in total. The lowest BCUT2D eigenvalue weighted by atomic mass is 10.2. The summed E-state index contributed by atoms with van der Waals surface area (Å²) in [6.07, 6.45) is 0. The van der Waals surface area contributed by atoms with Crippen molar-refractivity contribution < 1.29 is 14.1 Å². The number of halogens is 1. The smallest absolute Gasteiger partial charge is 0.277 e. The Bertz CT molecular complexity index is 327. The molecule has 0 radical (unpaired) electrons. The van der Waals surface area contributed by atoms with Crippen molar-refractivity contribution in [3.8, 4) is 0 Å². The third-order valence-corrected chi connectivity index (χ3v) is 1.58. The van der Waals surface area contributed by atoms with Crippen LogP contribution in [0.25, 0.3) is 0 Å². The largest absolute Gasteiger partial charge is 0.380 e. The molecule has 0 aliphatic carbocycles. The average molecular weight is 185 g/mol. The minimum absolute atomic E-state index is 0.0185. The van der Waals surface area contributed by atoms with Gasteiger partial charge in [0, 0.05) is 13.2 Å². The molecule has 0 saturated carbocycles. The Balaban J connectivity index is 3.17. The van der Waals surface area contributed by atoms with Gasteiger partial charge in [0.1, 0.15) is 5.82 Å². The molecule has 13 heavy (non-hydrogen) atoms. The quantitative estimate of drug-likeness (QED) is 0.533. The number of nitro groups is 1. The second-order valence-electron chi connectivity index (χ2n) is 2.43. The van der Waals surface area contributed by atoms with Gasteiger partial charge in [0.15, 0.2) is 0 Å². The topological polar surface area (TPSA) is 52.4 Å². The van der Waals surface area contributed by atoms with Crippen LogP contribution in [-0.2, 0) is 11.3 Å². The molecule has 1 aromatic rings. The van der Waals surface area contributed by atoms with E-state index in [0.717, 1.165) is 0 Å². The van der Waals surface area contributed by atoms with E-state index in [-0.39, 0.29) is 17.9 Å².